The van der Waals surface area contributed by atoms with Gasteiger partial charge < -0.3 is 10.1 Å². The van der Waals surface area contributed by atoms with Crippen LogP contribution in [0.4, 0.5) is 15.5 Å². The number of aryl methyl sites for hydroxylation is 1. The molecule has 0 aliphatic rings. The van der Waals surface area contributed by atoms with E-state index in [-0.39, 0.29) is 28.4 Å². The number of imide groups is 1. The highest BCUT2D eigenvalue weighted by molar-refractivity contribution is 7.16. The van der Waals surface area contributed by atoms with Gasteiger partial charge in [0.2, 0.25) is 0 Å². The summed E-state index contributed by atoms with van der Waals surface area (Å²) in [5, 5.41) is 15.9. The molecule has 0 fully saturated rings. The summed E-state index contributed by atoms with van der Waals surface area (Å²) < 4.78 is 4.68. The first kappa shape index (κ1) is 20.0. The van der Waals surface area contributed by atoms with E-state index in [9.17, 15) is 24.5 Å². The zero-order valence-corrected chi connectivity index (χ0v) is 15.6. The number of para-hydroxylation sites is 1. The lowest BCUT2D eigenvalue weighted by Gasteiger charge is -2.08. The number of hydrogen-bond donors (Lipinski definition) is 2. The molecule has 10 heteroatoms. The van der Waals surface area contributed by atoms with Gasteiger partial charge in [0.15, 0.2) is 0 Å². The number of benzene rings is 1. The molecule has 0 saturated carbocycles. The molecular weight excluding hydrogens is 374 g/mol. The van der Waals surface area contributed by atoms with Gasteiger partial charge in [-0.1, -0.05) is 12.1 Å². The van der Waals surface area contributed by atoms with Gasteiger partial charge in [0, 0.05) is 10.9 Å². The summed E-state index contributed by atoms with van der Waals surface area (Å²) in [5.41, 5.74) is 0.206. The molecule has 0 aliphatic heterocycles. The quantitative estimate of drug-likeness (QED) is 0.594. The molecule has 2 aromatic rings. The number of anilines is 1. The van der Waals surface area contributed by atoms with Crippen LogP contribution in [0.1, 0.15) is 38.1 Å². The van der Waals surface area contributed by atoms with Crippen LogP contribution in [0.15, 0.2) is 24.3 Å². The summed E-state index contributed by atoms with van der Waals surface area (Å²) in [4.78, 5) is 47.6. The van der Waals surface area contributed by atoms with Gasteiger partial charge in [0.05, 0.1) is 17.1 Å². The summed E-state index contributed by atoms with van der Waals surface area (Å²) in [5.74, 6) is -1.46. The second-order valence-electron chi connectivity index (χ2n) is 5.39. The molecule has 9 nitrogen and oxygen atoms in total. The molecule has 2 rings (SSSR count). The number of alkyl carbamates (subject to hydrolysis) is 1. The van der Waals surface area contributed by atoms with Gasteiger partial charge in [-0.3, -0.25) is 25.0 Å². The van der Waals surface area contributed by atoms with Gasteiger partial charge in [-0.2, -0.15) is 0 Å². The van der Waals surface area contributed by atoms with E-state index in [1.807, 2.05) is 0 Å². The van der Waals surface area contributed by atoms with E-state index in [1.165, 1.54) is 24.3 Å². The summed E-state index contributed by atoms with van der Waals surface area (Å²) >= 11 is 1.13. The van der Waals surface area contributed by atoms with Crippen molar-refractivity contribution >= 4 is 39.9 Å². The summed E-state index contributed by atoms with van der Waals surface area (Å²) in [7, 11) is 0. The van der Waals surface area contributed by atoms with Crippen LogP contribution < -0.4 is 10.6 Å². The van der Waals surface area contributed by atoms with E-state index < -0.39 is 22.8 Å². The van der Waals surface area contributed by atoms with Gasteiger partial charge in [-0.05, 0) is 32.4 Å². The highest BCUT2D eigenvalue weighted by atomic mass is 32.1. The van der Waals surface area contributed by atoms with Crippen molar-refractivity contribution in [3.05, 3.63) is 55.9 Å². The molecule has 0 atom stereocenters. The molecule has 3 amide bonds. The molecule has 0 saturated heterocycles. The van der Waals surface area contributed by atoms with E-state index in [1.54, 1.807) is 20.8 Å². The van der Waals surface area contributed by atoms with E-state index in [0.717, 1.165) is 16.2 Å². The van der Waals surface area contributed by atoms with Crippen LogP contribution in [0.3, 0.4) is 0 Å². The third-order valence-corrected chi connectivity index (χ3v) is 4.80. The fraction of sp³-hybridized carbons (Fsp3) is 0.235. The largest absolute Gasteiger partial charge is 0.450 e. The third kappa shape index (κ3) is 4.47. The van der Waals surface area contributed by atoms with Crippen LogP contribution >= 0.6 is 11.3 Å². The number of carbonyl (C=O) groups is 3. The van der Waals surface area contributed by atoms with Gasteiger partial charge >= 0.3 is 6.09 Å². The first-order chi connectivity index (χ1) is 12.8. The number of ether oxygens (including phenoxy) is 1. The SMILES string of the molecule is CCOC(=O)NC(=O)c1c(NC(=O)c2ccccc2[N+](=O)[O-])sc(C)c1C. The molecule has 1 aromatic heterocycles. The average molecular weight is 391 g/mol. The standard InChI is InChI=1S/C17H17N3O6S/c1-4-26-17(23)19-15(22)13-9(2)10(3)27-16(13)18-14(21)11-7-5-6-8-12(11)20(24)25/h5-8H,4H2,1-3H3,(H,18,21)(H,19,22,23). The Balaban J connectivity index is 2.34. The van der Waals surface area contributed by atoms with Gasteiger partial charge in [-0.25, -0.2) is 4.79 Å². The molecule has 0 spiro atoms. The number of nitrogens with zero attached hydrogens (tertiary/aromatic N) is 1. The first-order valence-corrected chi connectivity index (χ1v) is 8.70. The van der Waals surface area contributed by atoms with Crippen molar-refractivity contribution in [2.45, 2.75) is 20.8 Å². The fourth-order valence-electron chi connectivity index (χ4n) is 2.31. The first-order valence-electron chi connectivity index (χ1n) is 7.89. The van der Waals surface area contributed by atoms with Crippen LogP contribution in [-0.4, -0.2) is 29.4 Å². The number of nitrogens with one attached hydrogen (secondary N) is 2. The molecule has 0 aliphatic carbocycles. The predicted molar refractivity (Wildman–Crippen MR) is 99.3 cm³/mol. The minimum absolute atomic E-state index is 0.0992. The lowest BCUT2D eigenvalue weighted by atomic mass is 10.1. The minimum atomic E-state index is -0.901. The molecular formula is C17H17N3O6S. The van der Waals surface area contributed by atoms with Crippen LogP contribution in [0.2, 0.25) is 0 Å². The van der Waals surface area contributed by atoms with Crippen LogP contribution in [0.5, 0.6) is 0 Å². The summed E-state index contributed by atoms with van der Waals surface area (Å²) in [6, 6.07) is 5.49. The summed E-state index contributed by atoms with van der Waals surface area (Å²) in [6.45, 7) is 5.12. The number of rotatable bonds is 5. The van der Waals surface area contributed by atoms with Crippen molar-refractivity contribution in [1.29, 1.82) is 0 Å². The van der Waals surface area contributed by atoms with Crippen LogP contribution in [-0.2, 0) is 4.74 Å². The zero-order valence-electron chi connectivity index (χ0n) is 14.8. The highest BCUT2D eigenvalue weighted by Crippen LogP contribution is 2.33. The Labute approximate surface area is 158 Å². The molecule has 1 heterocycles. The van der Waals surface area contributed by atoms with Crippen molar-refractivity contribution in [3.63, 3.8) is 0 Å². The number of nitro groups is 1. The molecule has 0 bridgehead atoms. The molecule has 27 heavy (non-hydrogen) atoms. The molecule has 0 unspecified atom stereocenters. The maximum absolute atomic E-state index is 12.5. The highest BCUT2D eigenvalue weighted by Gasteiger charge is 2.25. The van der Waals surface area contributed by atoms with E-state index in [2.05, 4.69) is 15.4 Å². The number of hydrogen-bond acceptors (Lipinski definition) is 7. The minimum Gasteiger partial charge on any atom is -0.450 e. The topological polar surface area (TPSA) is 128 Å². The molecule has 0 radical (unpaired) electrons. The number of thiophene rings is 1. The Kier molecular flexibility index (Phi) is 6.24. The van der Waals surface area contributed by atoms with E-state index in [0.29, 0.717) is 5.56 Å². The lowest BCUT2D eigenvalue weighted by Crippen LogP contribution is -2.32. The Morgan fingerprint density at radius 1 is 1.19 bits per heavy atom. The smallest absolute Gasteiger partial charge is 0.414 e. The van der Waals surface area contributed by atoms with Crippen molar-refractivity contribution in [2.24, 2.45) is 0 Å². The summed E-state index contributed by atoms with van der Waals surface area (Å²) in [6.07, 6.45) is -0.901. The zero-order chi connectivity index (χ0) is 20.1. The lowest BCUT2D eigenvalue weighted by molar-refractivity contribution is -0.385. The molecule has 1 aromatic carbocycles. The second kappa shape index (κ2) is 8.41. The monoisotopic (exact) mass is 391 g/mol. The number of nitro benzene ring substituents is 1. The molecule has 142 valence electrons. The van der Waals surface area contributed by atoms with Gasteiger partial charge in [0.25, 0.3) is 17.5 Å². The Bertz CT molecular complexity index is 921. The predicted octanol–water partition coefficient (Wildman–Crippen LogP) is 3.41. The van der Waals surface area contributed by atoms with Crippen molar-refractivity contribution in [3.8, 4) is 0 Å². The van der Waals surface area contributed by atoms with E-state index in [4.69, 9.17) is 0 Å². The maximum Gasteiger partial charge on any atom is 0.414 e. The van der Waals surface area contributed by atoms with Crippen LogP contribution in [0.25, 0.3) is 0 Å². The number of carbonyl (C=O) groups excluding carboxylic acids is 3. The Morgan fingerprint density at radius 3 is 2.48 bits per heavy atom. The van der Waals surface area contributed by atoms with Crippen LogP contribution in [0, 0.1) is 24.0 Å². The normalized spacial score (nSPS) is 10.2. The van der Waals surface area contributed by atoms with Crippen molar-refractivity contribution in [1.82, 2.24) is 5.32 Å². The Morgan fingerprint density at radius 2 is 1.85 bits per heavy atom. The van der Waals surface area contributed by atoms with Gasteiger partial charge in [0.1, 0.15) is 10.6 Å². The fourth-order valence-corrected chi connectivity index (χ4v) is 3.36. The van der Waals surface area contributed by atoms with Crippen molar-refractivity contribution in [2.75, 3.05) is 11.9 Å². The third-order valence-electron chi connectivity index (χ3n) is 3.68. The Hall–Kier alpha value is -3.27. The van der Waals surface area contributed by atoms with E-state index >= 15 is 0 Å². The second-order valence-corrected chi connectivity index (χ2v) is 6.62. The number of amides is 3. The van der Waals surface area contributed by atoms with Crippen molar-refractivity contribution < 1.29 is 24.0 Å². The maximum atomic E-state index is 12.5. The average Bonchev–Trinajstić information content (AvgIpc) is 2.88. The molecule has 2 N–H and O–H groups in total. The van der Waals surface area contributed by atoms with Gasteiger partial charge in [-0.15, -0.1) is 11.3 Å².